The van der Waals surface area contributed by atoms with Gasteiger partial charge in [-0.1, -0.05) is 54.6 Å². The van der Waals surface area contributed by atoms with Crippen LogP contribution in [-0.4, -0.2) is 78.9 Å². The largest absolute Gasteiger partial charge is 0.459 e. The molecular weight excluding hydrogens is 544 g/mol. The van der Waals surface area contributed by atoms with Crippen molar-refractivity contribution in [3.8, 4) is 0 Å². The van der Waals surface area contributed by atoms with E-state index in [0.717, 1.165) is 0 Å². The molecule has 2 saturated heterocycles. The van der Waals surface area contributed by atoms with Crippen molar-refractivity contribution >= 4 is 29.7 Å². The molecule has 5 rings (SSSR count). The van der Waals surface area contributed by atoms with E-state index in [9.17, 15) is 24.0 Å². The Bertz CT molecular complexity index is 1430. The standard InChI is InChI=1S/C31H28N2O9/c34-23-16-17-33(31(38)32-18-23)27-26(42-30(37)22-14-8-3-9-15-22)25(41-29(36)21-12-6-2-7-13-21)24(40-27)19-39-28(35)20-10-4-1-5-11-20/h1-15,24-27H,16-19H2,(H,32,38)/t24-,25-,26-,27-/m1/s1. The molecule has 2 amide bonds. The van der Waals surface area contributed by atoms with E-state index in [-0.39, 0.29) is 43.0 Å². The molecule has 2 heterocycles. The lowest BCUT2D eigenvalue weighted by atomic mass is 10.1. The summed E-state index contributed by atoms with van der Waals surface area (Å²) < 4.78 is 23.4. The lowest BCUT2D eigenvalue weighted by molar-refractivity contribution is -0.118. The van der Waals surface area contributed by atoms with Crippen molar-refractivity contribution in [3.63, 3.8) is 0 Å². The van der Waals surface area contributed by atoms with E-state index in [1.54, 1.807) is 91.0 Å². The fourth-order valence-corrected chi connectivity index (χ4v) is 4.66. The zero-order valence-corrected chi connectivity index (χ0v) is 22.4. The van der Waals surface area contributed by atoms with E-state index in [1.807, 2.05) is 0 Å². The molecule has 0 unspecified atom stereocenters. The topological polar surface area (TPSA) is 138 Å². The van der Waals surface area contributed by atoms with Crippen molar-refractivity contribution < 1.29 is 42.9 Å². The van der Waals surface area contributed by atoms with Crippen LogP contribution in [0.2, 0.25) is 0 Å². The maximum Gasteiger partial charge on any atom is 0.338 e. The van der Waals surface area contributed by atoms with Crippen molar-refractivity contribution in [2.75, 3.05) is 19.7 Å². The van der Waals surface area contributed by atoms with E-state index in [0.29, 0.717) is 5.56 Å². The Kier molecular flexibility index (Phi) is 8.88. The monoisotopic (exact) mass is 572 g/mol. The summed E-state index contributed by atoms with van der Waals surface area (Å²) in [6, 6.07) is 24.0. The van der Waals surface area contributed by atoms with Crippen LogP contribution in [0.5, 0.6) is 0 Å². The van der Waals surface area contributed by atoms with Crippen LogP contribution in [0, 0.1) is 0 Å². The molecule has 216 valence electrons. The fraction of sp³-hybridized carbons (Fsp3) is 0.258. The van der Waals surface area contributed by atoms with E-state index in [2.05, 4.69) is 5.32 Å². The number of amides is 2. The molecule has 4 atom stereocenters. The molecule has 2 aliphatic rings. The predicted molar refractivity (Wildman–Crippen MR) is 146 cm³/mol. The van der Waals surface area contributed by atoms with Gasteiger partial charge in [-0.15, -0.1) is 0 Å². The molecule has 0 saturated carbocycles. The fourth-order valence-electron chi connectivity index (χ4n) is 4.66. The number of benzene rings is 3. The van der Waals surface area contributed by atoms with Gasteiger partial charge in [-0.3, -0.25) is 9.69 Å². The first-order valence-corrected chi connectivity index (χ1v) is 13.4. The first kappa shape index (κ1) is 28.5. The first-order valence-electron chi connectivity index (χ1n) is 13.4. The lowest BCUT2D eigenvalue weighted by Gasteiger charge is -2.31. The molecule has 2 fully saturated rings. The van der Waals surface area contributed by atoms with Crippen LogP contribution in [0.4, 0.5) is 4.79 Å². The van der Waals surface area contributed by atoms with Crippen molar-refractivity contribution in [3.05, 3.63) is 108 Å². The summed E-state index contributed by atoms with van der Waals surface area (Å²) in [5.74, 6) is -2.32. The predicted octanol–water partition coefficient (Wildman–Crippen LogP) is 3.00. The third-order valence-electron chi connectivity index (χ3n) is 6.82. The molecule has 0 radical (unpaired) electrons. The number of urea groups is 1. The highest BCUT2D eigenvalue weighted by atomic mass is 16.7. The molecule has 3 aromatic carbocycles. The lowest BCUT2D eigenvalue weighted by Crippen LogP contribution is -2.52. The van der Waals surface area contributed by atoms with Gasteiger partial charge in [0, 0.05) is 13.0 Å². The molecule has 1 N–H and O–H groups in total. The minimum atomic E-state index is -1.33. The molecule has 0 aliphatic carbocycles. The summed E-state index contributed by atoms with van der Waals surface area (Å²) in [5.41, 5.74) is 0.744. The van der Waals surface area contributed by atoms with Crippen molar-refractivity contribution in [2.24, 2.45) is 0 Å². The van der Waals surface area contributed by atoms with Gasteiger partial charge in [0.15, 0.2) is 24.2 Å². The number of hydrogen-bond donors (Lipinski definition) is 1. The summed E-state index contributed by atoms with van der Waals surface area (Å²) in [6.07, 6.45) is -4.98. The van der Waals surface area contributed by atoms with Crippen LogP contribution in [0.25, 0.3) is 0 Å². The van der Waals surface area contributed by atoms with Crippen LogP contribution >= 0.6 is 0 Å². The van der Waals surface area contributed by atoms with E-state index in [4.69, 9.17) is 18.9 Å². The highest BCUT2D eigenvalue weighted by Crippen LogP contribution is 2.32. The minimum absolute atomic E-state index is 0.0279. The molecule has 0 aromatic heterocycles. The normalized spacial score (nSPS) is 22.0. The number of hydrogen-bond acceptors (Lipinski definition) is 9. The van der Waals surface area contributed by atoms with Crippen molar-refractivity contribution in [1.29, 1.82) is 0 Å². The molecular formula is C31H28N2O9. The minimum Gasteiger partial charge on any atom is -0.459 e. The molecule has 11 nitrogen and oxygen atoms in total. The summed E-state index contributed by atoms with van der Waals surface area (Å²) in [7, 11) is 0. The van der Waals surface area contributed by atoms with Gasteiger partial charge in [-0.05, 0) is 36.4 Å². The van der Waals surface area contributed by atoms with E-state index < -0.39 is 48.5 Å². The molecule has 3 aromatic rings. The summed E-state index contributed by atoms with van der Waals surface area (Å²) in [6.45, 7) is -0.587. The Morgan fingerprint density at radius 3 is 1.79 bits per heavy atom. The van der Waals surface area contributed by atoms with Gasteiger partial charge in [0.25, 0.3) is 0 Å². The molecule has 0 bridgehead atoms. The number of nitrogens with zero attached hydrogens (tertiary/aromatic N) is 1. The Labute approximate surface area is 241 Å². The van der Waals surface area contributed by atoms with E-state index in [1.165, 1.54) is 4.90 Å². The molecule has 2 aliphatic heterocycles. The highest BCUT2D eigenvalue weighted by molar-refractivity contribution is 5.91. The number of rotatable bonds is 8. The van der Waals surface area contributed by atoms with Crippen LogP contribution in [0.1, 0.15) is 37.5 Å². The Hall–Kier alpha value is -5.03. The zero-order valence-electron chi connectivity index (χ0n) is 22.4. The summed E-state index contributed by atoms with van der Waals surface area (Å²) in [5, 5.41) is 2.52. The Morgan fingerprint density at radius 1 is 0.738 bits per heavy atom. The van der Waals surface area contributed by atoms with Crippen molar-refractivity contribution in [1.82, 2.24) is 10.2 Å². The second kappa shape index (κ2) is 13.1. The van der Waals surface area contributed by atoms with Gasteiger partial charge in [-0.2, -0.15) is 0 Å². The van der Waals surface area contributed by atoms with Gasteiger partial charge in [0.05, 0.1) is 23.2 Å². The molecule has 42 heavy (non-hydrogen) atoms. The zero-order chi connectivity index (χ0) is 29.5. The smallest absolute Gasteiger partial charge is 0.338 e. The average Bonchev–Trinajstić information content (AvgIpc) is 3.25. The number of ether oxygens (including phenoxy) is 4. The highest BCUT2D eigenvalue weighted by Gasteiger charge is 2.53. The van der Waals surface area contributed by atoms with Crippen molar-refractivity contribution in [2.45, 2.75) is 31.0 Å². The summed E-state index contributed by atoms with van der Waals surface area (Å²) >= 11 is 0. The van der Waals surface area contributed by atoms with Gasteiger partial charge in [0.1, 0.15) is 12.7 Å². The van der Waals surface area contributed by atoms with Gasteiger partial charge in [-0.25, -0.2) is 19.2 Å². The number of carbonyl (C=O) groups excluding carboxylic acids is 5. The molecule has 11 heteroatoms. The average molecular weight is 573 g/mol. The number of carbonyl (C=O) groups is 5. The van der Waals surface area contributed by atoms with E-state index >= 15 is 0 Å². The third kappa shape index (κ3) is 6.64. The number of esters is 3. The number of Topliss-reactive ketones (excluding diaryl/α,β-unsaturated/α-hetero) is 1. The number of nitrogens with one attached hydrogen (secondary N) is 1. The molecule has 0 spiro atoms. The maximum absolute atomic E-state index is 13.2. The van der Waals surface area contributed by atoms with Gasteiger partial charge in [0.2, 0.25) is 0 Å². The number of ketones is 1. The van der Waals surface area contributed by atoms with Gasteiger partial charge < -0.3 is 24.3 Å². The SMILES string of the molecule is O=C1CCN([C@@H]2O[C@H](COC(=O)c3ccccc3)[C@@H](OC(=O)c3ccccc3)[C@H]2OC(=O)c2ccccc2)C(=O)NC1. The van der Waals surface area contributed by atoms with Crippen LogP contribution < -0.4 is 5.32 Å². The first-order chi connectivity index (χ1) is 20.4. The second-order valence-corrected chi connectivity index (χ2v) is 9.64. The Balaban J connectivity index is 1.46. The van der Waals surface area contributed by atoms with Crippen LogP contribution in [-0.2, 0) is 23.7 Å². The summed E-state index contributed by atoms with van der Waals surface area (Å²) in [4.78, 5) is 65.4. The maximum atomic E-state index is 13.2. The van der Waals surface area contributed by atoms with Gasteiger partial charge >= 0.3 is 23.9 Å². The Morgan fingerprint density at radius 2 is 1.24 bits per heavy atom. The van der Waals surface area contributed by atoms with Crippen LogP contribution in [0.15, 0.2) is 91.0 Å². The third-order valence-corrected chi connectivity index (χ3v) is 6.82. The quantitative estimate of drug-likeness (QED) is 0.319. The van der Waals surface area contributed by atoms with Crippen LogP contribution in [0.3, 0.4) is 0 Å². The second-order valence-electron chi connectivity index (χ2n) is 9.64.